The first-order chi connectivity index (χ1) is 14.0. The summed E-state index contributed by atoms with van der Waals surface area (Å²) in [6, 6.07) is 10.4. The monoisotopic (exact) mass is 398 g/mol. The van der Waals surface area contributed by atoms with Gasteiger partial charge in [0.1, 0.15) is 0 Å². The summed E-state index contributed by atoms with van der Waals surface area (Å²) in [4.78, 5) is 29.3. The van der Waals surface area contributed by atoms with Crippen molar-refractivity contribution in [2.24, 2.45) is 11.8 Å². The number of amides is 2. The molecule has 2 amide bonds. The summed E-state index contributed by atoms with van der Waals surface area (Å²) >= 11 is 0. The Bertz CT molecular complexity index is 646. The zero-order chi connectivity index (χ0) is 20.6. The molecule has 1 saturated heterocycles. The van der Waals surface area contributed by atoms with E-state index in [1.807, 2.05) is 18.0 Å². The second-order valence-corrected chi connectivity index (χ2v) is 9.32. The summed E-state index contributed by atoms with van der Waals surface area (Å²) < 4.78 is 0. The first-order valence-electron chi connectivity index (χ1n) is 11.6. The molecule has 0 radical (unpaired) electrons. The van der Waals surface area contributed by atoms with Crippen LogP contribution in [-0.2, 0) is 9.59 Å². The minimum Gasteiger partial charge on any atom is -0.345 e. The fraction of sp³-hybridized carbons (Fsp3) is 0.680. The molecule has 1 aromatic carbocycles. The number of benzene rings is 1. The highest BCUT2D eigenvalue weighted by molar-refractivity contribution is 5.77. The van der Waals surface area contributed by atoms with Gasteiger partial charge in [0.2, 0.25) is 11.8 Å². The van der Waals surface area contributed by atoms with Gasteiger partial charge in [0.15, 0.2) is 0 Å². The molecule has 1 heterocycles. The number of hydrogen-bond donors (Lipinski definition) is 0. The van der Waals surface area contributed by atoms with Gasteiger partial charge in [-0.15, -0.1) is 0 Å². The third kappa shape index (κ3) is 6.58. The number of hydrogen-bond acceptors (Lipinski definition) is 2. The maximum atomic E-state index is 12.7. The normalized spacial score (nSPS) is 19.7. The van der Waals surface area contributed by atoms with Crippen LogP contribution in [0.25, 0.3) is 0 Å². The Hall–Kier alpha value is -1.84. The van der Waals surface area contributed by atoms with E-state index in [1.54, 1.807) is 0 Å². The fourth-order valence-corrected chi connectivity index (χ4v) is 4.96. The average molecular weight is 399 g/mol. The van der Waals surface area contributed by atoms with E-state index in [9.17, 15) is 9.59 Å². The van der Waals surface area contributed by atoms with Crippen LogP contribution < -0.4 is 0 Å². The van der Waals surface area contributed by atoms with Gasteiger partial charge in [-0.1, -0.05) is 56.5 Å². The molecule has 3 rings (SSSR count). The van der Waals surface area contributed by atoms with Crippen molar-refractivity contribution in [2.45, 2.75) is 70.6 Å². The Morgan fingerprint density at radius 3 is 2.24 bits per heavy atom. The summed E-state index contributed by atoms with van der Waals surface area (Å²) in [6.07, 6.45) is 9.65. The lowest BCUT2D eigenvalue weighted by Crippen LogP contribution is -2.40. The molecule has 2 fully saturated rings. The maximum absolute atomic E-state index is 12.7. The highest BCUT2D eigenvalue weighted by atomic mass is 16.2. The smallest absolute Gasteiger partial charge is 0.222 e. The van der Waals surface area contributed by atoms with Crippen molar-refractivity contribution in [3.8, 4) is 0 Å². The molecule has 1 aliphatic heterocycles. The molecule has 0 aromatic heterocycles. The predicted octanol–water partition coefficient (Wildman–Crippen LogP) is 4.85. The first-order valence-corrected chi connectivity index (χ1v) is 11.6. The van der Waals surface area contributed by atoms with Crippen molar-refractivity contribution in [3.63, 3.8) is 0 Å². The van der Waals surface area contributed by atoms with Crippen molar-refractivity contribution in [1.29, 1.82) is 0 Å². The Kier molecular flexibility index (Phi) is 8.14. The van der Waals surface area contributed by atoms with Gasteiger partial charge in [-0.3, -0.25) is 9.59 Å². The van der Waals surface area contributed by atoms with Crippen LogP contribution in [0.2, 0.25) is 0 Å². The molecule has 1 saturated carbocycles. The van der Waals surface area contributed by atoms with Crippen molar-refractivity contribution in [3.05, 3.63) is 35.9 Å². The van der Waals surface area contributed by atoms with Gasteiger partial charge in [-0.2, -0.15) is 0 Å². The van der Waals surface area contributed by atoms with Gasteiger partial charge >= 0.3 is 0 Å². The largest absolute Gasteiger partial charge is 0.345 e. The maximum Gasteiger partial charge on any atom is 0.222 e. The molecule has 1 atom stereocenters. The number of likely N-dealkylation sites (N-methyl/N-ethyl adjacent to an activating group) is 1. The summed E-state index contributed by atoms with van der Waals surface area (Å²) in [5.74, 6) is 1.94. The topological polar surface area (TPSA) is 40.6 Å². The summed E-state index contributed by atoms with van der Waals surface area (Å²) in [5.41, 5.74) is 1.27. The highest BCUT2D eigenvalue weighted by Gasteiger charge is 2.27. The van der Waals surface area contributed by atoms with Gasteiger partial charge < -0.3 is 9.80 Å². The molecule has 1 aromatic rings. The molecule has 2 aliphatic rings. The lowest BCUT2D eigenvalue weighted by Gasteiger charge is -2.34. The average Bonchev–Trinajstić information content (AvgIpc) is 2.75. The molecule has 29 heavy (non-hydrogen) atoms. The van der Waals surface area contributed by atoms with Crippen LogP contribution in [-0.4, -0.2) is 48.3 Å². The number of rotatable bonds is 7. The minimum atomic E-state index is 0.236. The molecule has 1 unspecified atom stereocenters. The van der Waals surface area contributed by atoms with E-state index in [2.05, 4.69) is 36.1 Å². The Morgan fingerprint density at radius 1 is 0.966 bits per heavy atom. The molecule has 0 N–H and O–H groups in total. The summed E-state index contributed by atoms with van der Waals surface area (Å²) in [7, 11) is 1.92. The Labute approximate surface area is 176 Å². The summed E-state index contributed by atoms with van der Waals surface area (Å²) in [5, 5.41) is 0. The number of carbonyl (C=O) groups excluding carboxylic acids is 2. The number of nitrogens with zero attached hydrogens (tertiary/aromatic N) is 2. The van der Waals surface area contributed by atoms with Crippen molar-refractivity contribution < 1.29 is 9.59 Å². The third-order valence-electron chi connectivity index (χ3n) is 6.96. The van der Waals surface area contributed by atoms with Crippen molar-refractivity contribution in [2.75, 3.05) is 26.7 Å². The zero-order valence-electron chi connectivity index (χ0n) is 18.3. The van der Waals surface area contributed by atoms with Crippen LogP contribution in [0.4, 0.5) is 0 Å². The molecule has 4 heteroatoms. The molecule has 0 bridgehead atoms. The number of likely N-dealkylation sites (tertiary alicyclic amines) is 1. The van der Waals surface area contributed by atoms with E-state index in [0.29, 0.717) is 30.1 Å². The first kappa shape index (κ1) is 21.9. The van der Waals surface area contributed by atoms with Crippen LogP contribution in [0.5, 0.6) is 0 Å². The van der Waals surface area contributed by atoms with Crippen LogP contribution in [0.15, 0.2) is 30.3 Å². The van der Waals surface area contributed by atoms with E-state index in [4.69, 9.17) is 0 Å². The van der Waals surface area contributed by atoms with Gasteiger partial charge in [0.05, 0.1) is 0 Å². The second kappa shape index (κ2) is 10.8. The molecule has 0 spiro atoms. The van der Waals surface area contributed by atoms with Gasteiger partial charge in [0.25, 0.3) is 0 Å². The van der Waals surface area contributed by atoms with Gasteiger partial charge in [0, 0.05) is 39.5 Å². The minimum absolute atomic E-state index is 0.236. The van der Waals surface area contributed by atoms with E-state index in [-0.39, 0.29) is 5.91 Å². The third-order valence-corrected chi connectivity index (χ3v) is 6.96. The number of piperidine rings is 1. The van der Waals surface area contributed by atoms with Crippen molar-refractivity contribution >= 4 is 11.8 Å². The highest BCUT2D eigenvalue weighted by Crippen LogP contribution is 2.28. The van der Waals surface area contributed by atoms with E-state index in [0.717, 1.165) is 38.9 Å². The lowest BCUT2D eigenvalue weighted by atomic mass is 9.86. The molecule has 4 nitrogen and oxygen atoms in total. The van der Waals surface area contributed by atoms with Crippen LogP contribution in [0.3, 0.4) is 0 Å². The predicted molar refractivity (Wildman–Crippen MR) is 118 cm³/mol. The molecule has 1 aliphatic carbocycles. The second-order valence-electron chi connectivity index (χ2n) is 9.32. The SMILES string of the molecule is CC(CN(C)C(=O)CC1CCN(C(=O)CC2CCCCC2)CC1)c1ccccc1. The van der Waals surface area contributed by atoms with Gasteiger partial charge in [-0.25, -0.2) is 0 Å². The standard InChI is InChI=1S/C25H38N2O2/c1-20(23-11-7-4-8-12-23)19-26(2)24(28)17-22-13-15-27(16-14-22)25(29)18-21-9-5-3-6-10-21/h4,7-8,11-12,20-22H,3,5-6,9-10,13-19H2,1-2H3. The quantitative estimate of drug-likeness (QED) is 0.659. The van der Waals surface area contributed by atoms with Crippen LogP contribution in [0, 0.1) is 11.8 Å². The van der Waals surface area contributed by atoms with E-state index in [1.165, 1.54) is 37.7 Å². The molecular weight excluding hydrogens is 360 g/mol. The van der Waals surface area contributed by atoms with Crippen molar-refractivity contribution in [1.82, 2.24) is 9.80 Å². The Balaban J connectivity index is 1.38. The number of carbonyl (C=O) groups is 2. The zero-order valence-corrected chi connectivity index (χ0v) is 18.3. The van der Waals surface area contributed by atoms with Crippen LogP contribution in [0.1, 0.15) is 76.2 Å². The van der Waals surface area contributed by atoms with Crippen LogP contribution >= 0.6 is 0 Å². The molecular formula is C25H38N2O2. The van der Waals surface area contributed by atoms with Gasteiger partial charge in [-0.05, 0) is 49.0 Å². The Morgan fingerprint density at radius 2 is 1.59 bits per heavy atom. The molecule has 160 valence electrons. The van der Waals surface area contributed by atoms with E-state index >= 15 is 0 Å². The lowest BCUT2D eigenvalue weighted by molar-refractivity contribution is -0.134. The summed E-state index contributed by atoms with van der Waals surface area (Å²) in [6.45, 7) is 4.58. The van der Waals surface area contributed by atoms with E-state index < -0.39 is 0 Å². The fourth-order valence-electron chi connectivity index (χ4n) is 4.96.